The van der Waals surface area contributed by atoms with Crippen molar-refractivity contribution in [2.75, 3.05) is 5.73 Å². The quantitative estimate of drug-likeness (QED) is 0.0723. The van der Waals surface area contributed by atoms with Gasteiger partial charge in [0.15, 0.2) is 0 Å². The first-order chi connectivity index (χ1) is 18.1. The van der Waals surface area contributed by atoms with Crippen molar-refractivity contribution in [2.45, 2.75) is 61.6 Å². The lowest BCUT2D eigenvalue weighted by molar-refractivity contribution is -0.387. The maximum Gasteiger partial charge on any atom is 0.307 e. The predicted octanol–water partition coefficient (Wildman–Crippen LogP) is 9.05. The topological polar surface area (TPSA) is 112 Å². The number of nitrogens with zero attached hydrogens (tertiary/aromatic N) is 2. The summed E-state index contributed by atoms with van der Waals surface area (Å²) < 4.78 is 78.1. The zero-order valence-corrected chi connectivity index (χ0v) is 25.8. The normalized spacial score (nSPS) is 10.3. The lowest BCUT2D eigenvalue weighted by Gasteiger charge is -2.17. The molecule has 16 heteroatoms. The van der Waals surface area contributed by atoms with Crippen LogP contribution in [-0.2, 0) is 0 Å². The Kier molecular flexibility index (Phi) is 17.6. The van der Waals surface area contributed by atoms with Gasteiger partial charge in [-0.3, -0.25) is 20.2 Å². The Bertz CT molecular complexity index is 1440. The third-order valence-corrected chi connectivity index (χ3v) is 9.73. The fourth-order valence-corrected chi connectivity index (χ4v) is 6.05. The van der Waals surface area contributed by atoms with Crippen molar-refractivity contribution < 1.29 is 36.2 Å². The van der Waals surface area contributed by atoms with Gasteiger partial charge in [-0.1, -0.05) is 61.6 Å². The van der Waals surface area contributed by atoms with E-state index in [2.05, 4.69) is 15.9 Å². The zero-order chi connectivity index (χ0) is 31.3. The highest BCUT2D eigenvalue weighted by Gasteiger charge is 2.26. The summed E-state index contributed by atoms with van der Waals surface area (Å²) in [5, 5.41) is 21.2. The van der Waals surface area contributed by atoms with Crippen LogP contribution in [0.25, 0.3) is 0 Å². The fourth-order valence-electron chi connectivity index (χ4n) is 3.04. The summed E-state index contributed by atoms with van der Waals surface area (Å²) in [6, 6.07) is 5.12. The van der Waals surface area contributed by atoms with Gasteiger partial charge in [-0.25, -0.2) is 17.6 Å². The highest BCUT2D eigenvalue weighted by atomic mass is 79.9. The van der Waals surface area contributed by atoms with E-state index in [0.717, 1.165) is 12.1 Å². The molecule has 2 N–H and O–H groups in total. The molecule has 0 aliphatic carbocycles. The minimum Gasteiger partial charge on any atom is -0.396 e. The Morgan fingerprint density at radius 2 is 0.907 bits per heavy atom. The molecule has 0 aliphatic rings. The van der Waals surface area contributed by atoms with E-state index in [1.807, 2.05) is 39.3 Å². The number of nitrogen functional groups attached to an aromatic ring is 1. The summed E-state index contributed by atoms with van der Waals surface area (Å²) in [7, 11) is -3.81. The van der Waals surface area contributed by atoms with Gasteiger partial charge in [0.25, 0.3) is 0 Å². The number of anilines is 1. The highest BCUT2D eigenvalue weighted by Crippen LogP contribution is 2.24. The van der Waals surface area contributed by atoms with Gasteiger partial charge < -0.3 is 5.73 Å². The van der Waals surface area contributed by atoms with Crippen LogP contribution in [0.5, 0.6) is 0 Å². The van der Waals surface area contributed by atoms with Crippen molar-refractivity contribution in [3.63, 3.8) is 0 Å². The molecular weight excluding hydrogens is 680 g/mol. The second-order valence-corrected chi connectivity index (χ2v) is 21.3. The second kappa shape index (κ2) is 17.1. The average molecular weight is 719 g/mol. The molecule has 3 aromatic carbocycles. The Labute approximate surface area is 258 Å². The molecule has 0 heterocycles. The number of rotatable bonds is 4. The van der Waals surface area contributed by atoms with Crippen molar-refractivity contribution in [3.8, 4) is 0 Å². The van der Waals surface area contributed by atoms with Crippen LogP contribution in [0.2, 0.25) is 39.3 Å². The molecule has 3 rings (SSSR count). The molecule has 0 aromatic heterocycles. The van der Waals surface area contributed by atoms with Crippen LogP contribution in [0.15, 0.2) is 40.9 Å². The van der Waals surface area contributed by atoms with E-state index in [1.165, 1.54) is 6.07 Å². The number of halogens is 7. The second-order valence-electron chi connectivity index (χ2n) is 10.4. The third-order valence-electron chi connectivity index (χ3n) is 5.12. The lowest BCUT2D eigenvalue weighted by atomic mass is 10.3. The van der Waals surface area contributed by atoms with E-state index in [1.54, 1.807) is 0 Å². The van der Waals surface area contributed by atoms with Crippen LogP contribution >= 0.6 is 15.9 Å². The maximum absolute atomic E-state index is 13.5. The van der Waals surface area contributed by atoms with Gasteiger partial charge in [-0.15, -0.1) is 0 Å². The largest absolute Gasteiger partial charge is 0.396 e. The molecule has 0 fully saturated rings. The number of hydrogen-bond donors (Lipinski definition) is 1. The number of nitrogens with two attached hydrogens (primary N) is 1. The van der Waals surface area contributed by atoms with Gasteiger partial charge in [0.2, 0.25) is 11.6 Å². The van der Waals surface area contributed by atoms with Gasteiger partial charge in [0.05, 0.1) is 48.3 Å². The molecule has 7 nitrogen and oxygen atoms in total. The van der Waals surface area contributed by atoms with Crippen molar-refractivity contribution in [2.24, 2.45) is 0 Å². The Balaban J connectivity index is -0.000000542. The summed E-state index contributed by atoms with van der Waals surface area (Å²) >= 11 is 2.69. The van der Waals surface area contributed by atoms with Crippen LogP contribution < -0.4 is 16.1 Å². The highest BCUT2D eigenvalue weighted by molar-refractivity contribution is 9.10. The average Bonchev–Trinajstić information content (AvgIpc) is 2.79. The van der Waals surface area contributed by atoms with E-state index in [0.29, 0.717) is 23.4 Å². The lowest BCUT2D eigenvalue weighted by Crippen LogP contribution is -2.40. The third kappa shape index (κ3) is 12.5. The first-order valence-electron chi connectivity index (χ1n) is 11.3. The predicted molar refractivity (Wildman–Crippen MR) is 171 cm³/mol. The molecule has 0 radical (unpaired) electrons. The van der Waals surface area contributed by atoms with Gasteiger partial charge in [0.1, 0.15) is 23.3 Å². The van der Waals surface area contributed by atoms with E-state index in [9.17, 15) is 46.6 Å². The monoisotopic (exact) mass is 717 g/mol. The molecule has 43 heavy (non-hydrogen) atoms. The number of hydrogen-bond acceptors (Lipinski definition) is 5. The Morgan fingerprint density at radius 3 is 1.28 bits per heavy atom. The molecule has 3 aromatic rings. The Hall–Kier alpha value is -3.25. The summed E-state index contributed by atoms with van der Waals surface area (Å²) in [4.78, 5) is 18.5. The van der Waals surface area contributed by atoms with Gasteiger partial charge in [-0.2, -0.15) is 8.78 Å². The van der Waals surface area contributed by atoms with Crippen molar-refractivity contribution in [1.82, 2.24) is 0 Å². The molecule has 0 unspecified atom stereocenters. The summed E-state index contributed by atoms with van der Waals surface area (Å²) in [5.41, 5.74) is 3.43. The van der Waals surface area contributed by atoms with E-state index in [-0.39, 0.29) is 37.6 Å². The molecule has 242 valence electrons. The molecule has 0 amide bonds. The van der Waals surface area contributed by atoms with Crippen LogP contribution in [0, 0.1) is 55.1 Å². The van der Waals surface area contributed by atoms with E-state index >= 15 is 0 Å². The molecule has 0 atom stereocenters. The summed E-state index contributed by atoms with van der Waals surface area (Å²) in [5.74, 6) is -4.51. The minimum absolute atomic E-state index is 0. The Morgan fingerprint density at radius 1 is 0.581 bits per heavy atom. The molecule has 0 saturated carbocycles. The van der Waals surface area contributed by atoms with Crippen LogP contribution in [0.1, 0.15) is 22.3 Å². The molecule has 0 spiro atoms. The first-order valence-corrected chi connectivity index (χ1v) is 19.0. The molecule has 0 bridgehead atoms. The van der Waals surface area contributed by atoms with Crippen molar-refractivity contribution in [3.05, 3.63) is 96.0 Å². The zero-order valence-electron chi connectivity index (χ0n) is 22.2. The van der Waals surface area contributed by atoms with Gasteiger partial charge in [0, 0.05) is 0 Å². The van der Waals surface area contributed by atoms with Crippen LogP contribution in [0.4, 0.5) is 43.4 Å². The summed E-state index contributed by atoms with van der Waals surface area (Å²) in [6.07, 6.45) is 0. The number of benzene rings is 3. The van der Waals surface area contributed by atoms with Crippen LogP contribution in [0.3, 0.4) is 0 Å². The molecule has 0 saturated heterocycles. The standard InChI is InChI=1S/C9H11F2NO2Si.C9H13F2NSi.C6H2BrF2NO2.3CH4/c1-15(2,3)9-5-6(10)8(12(13)14)4-7(9)11;1-13(2,3)9-5-6(10)8(12)4-7(9)11;7-3-1-5(9)6(10(11)12)2-4(3)8;;;/h4-5H,1-3H3;4-5H,12H2,1-3H3;1-2H;3*1H4. The number of nitro groups is 2. The van der Waals surface area contributed by atoms with Crippen LogP contribution in [-0.4, -0.2) is 26.0 Å². The fraction of sp³-hybridized carbons (Fsp3) is 0.333. The smallest absolute Gasteiger partial charge is 0.307 e. The first kappa shape index (κ1) is 44.2. The van der Waals surface area contributed by atoms with E-state index in [4.69, 9.17) is 5.73 Å². The van der Waals surface area contributed by atoms with Gasteiger partial charge >= 0.3 is 11.4 Å². The van der Waals surface area contributed by atoms with E-state index < -0.39 is 72.3 Å². The van der Waals surface area contributed by atoms with Crippen molar-refractivity contribution >= 4 is 59.5 Å². The number of nitro benzene ring substituents is 2. The maximum atomic E-state index is 13.5. The SMILES string of the molecule is C.C.C.C[Si](C)(C)c1cc(F)c(N)cc1F.C[Si](C)(C)c1cc(F)c([N+](=O)[O-])cc1F.O=[N+]([O-])c1cc(F)c(Br)cc1F. The minimum atomic E-state index is -2.00. The summed E-state index contributed by atoms with van der Waals surface area (Å²) in [6.45, 7) is 11.4. The van der Waals surface area contributed by atoms with Crippen molar-refractivity contribution in [1.29, 1.82) is 0 Å². The molecule has 0 aliphatic heterocycles. The van der Waals surface area contributed by atoms with Gasteiger partial charge in [-0.05, 0) is 50.6 Å². The molecular formula is C27H38BrF6N3O4Si2.